The number of aryl methyl sites for hydroxylation is 1. The summed E-state index contributed by atoms with van der Waals surface area (Å²) in [7, 11) is -4.61. The molecule has 42 heavy (non-hydrogen) atoms. The minimum atomic E-state index is -4.98. The van der Waals surface area contributed by atoms with E-state index in [1.807, 2.05) is 0 Å². The molecule has 0 unspecified atom stereocenters. The zero-order valence-corrected chi connectivity index (χ0v) is 24.0. The molecule has 0 saturated carbocycles. The highest BCUT2D eigenvalue weighted by Gasteiger charge is 2.35. The number of fused-ring (bicyclic) bond motifs is 6. The van der Waals surface area contributed by atoms with Crippen molar-refractivity contribution in [1.82, 2.24) is 9.97 Å². The molecule has 1 aliphatic heterocycles. The van der Waals surface area contributed by atoms with Gasteiger partial charge in [0.15, 0.2) is 5.03 Å². The largest absolute Gasteiger partial charge is 0.418 e. The summed E-state index contributed by atoms with van der Waals surface area (Å²) in [5.41, 5.74) is -2.78. The minimum Gasteiger partial charge on any atom is -0.357 e. The van der Waals surface area contributed by atoms with Gasteiger partial charge in [0.2, 0.25) is 0 Å². The van der Waals surface area contributed by atoms with Gasteiger partial charge in [0, 0.05) is 33.3 Å². The summed E-state index contributed by atoms with van der Waals surface area (Å²) < 4.78 is 124. The van der Waals surface area contributed by atoms with Gasteiger partial charge in [-0.2, -0.15) is 21.6 Å². The number of sulfonamides is 1. The Morgan fingerprint density at radius 1 is 1.00 bits per heavy atom. The molecule has 11 heteroatoms. The minimum absolute atomic E-state index is 0.0220. The number of pyridine rings is 2. The van der Waals surface area contributed by atoms with Crippen LogP contribution in [0.5, 0.6) is 0 Å². The summed E-state index contributed by atoms with van der Waals surface area (Å²) in [5.74, 6) is -0.784. The normalized spacial score (nSPS) is 21.5. The first kappa shape index (κ1) is 24.0. The molecular weight excluding hydrogens is 565 g/mol. The molecule has 2 aromatic heterocycles. The van der Waals surface area contributed by atoms with E-state index in [-0.39, 0.29) is 55.0 Å². The van der Waals surface area contributed by atoms with Crippen LogP contribution in [0.1, 0.15) is 84.0 Å². The lowest BCUT2D eigenvalue weighted by Gasteiger charge is -2.24. The zero-order chi connectivity index (χ0) is 35.5. The number of anilines is 2. The van der Waals surface area contributed by atoms with Gasteiger partial charge in [0.25, 0.3) is 10.0 Å². The van der Waals surface area contributed by atoms with Crippen LogP contribution in [0.25, 0.3) is 11.3 Å². The van der Waals surface area contributed by atoms with Crippen LogP contribution < -0.4 is 9.62 Å². The Balaban J connectivity index is 1.88. The van der Waals surface area contributed by atoms with Gasteiger partial charge in [-0.15, -0.1) is 0 Å². The van der Waals surface area contributed by atoms with E-state index in [0.29, 0.717) is 31.7 Å². The predicted molar refractivity (Wildman–Crippen MR) is 158 cm³/mol. The Kier molecular flexibility index (Phi) is 8.08. The monoisotopic (exact) mass is 608 g/mol. The Hall–Kier alpha value is -3.47. The molecule has 0 saturated heterocycles. The Morgan fingerprint density at radius 2 is 1.74 bits per heavy atom. The average molecular weight is 609 g/mol. The van der Waals surface area contributed by atoms with E-state index < -0.39 is 57.5 Å². The number of carbonyl (C=O) groups excluding carboxylic acids is 1. The zero-order valence-electron chi connectivity index (χ0n) is 29.2. The second kappa shape index (κ2) is 14.1. The fourth-order valence-corrected chi connectivity index (χ4v) is 5.42. The number of aromatic nitrogens is 2. The molecule has 0 aliphatic carbocycles. The molecule has 3 aromatic rings. The van der Waals surface area contributed by atoms with Crippen molar-refractivity contribution in [3.63, 3.8) is 0 Å². The van der Waals surface area contributed by atoms with Crippen LogP contribution in [0.2, 0.25) is 0 Å². The van der Waals surface area contributed by atoms with Crippen LogP contribution in [-0.2, 0) is 27.4 Å². The number of carbonyl (C=O) groups is 1. The highest BCUT2D eigenvalue weighted by Crippen LogP contribution is 2.38. The molecule has 7 nitrogen and oxygen atoms in total. The number of nitrogens with zero attached hydrogens (tertiary/aromatic N) is 3. The van der Waals surface area contributed by atoms with Crippen LogP contribution in [0.3, 0.4) is 0 Å². The van der Waals surface area contributed by atoms with Crippen molar-refractivity contribution in [1.29, 1.82) is 0 Å². The van der Waals surface area contributed by atoms with E-state index >= 15 is 0 Å². The fraction of sp³-hybridized carbons (Fsp3) is 0.452. The first-order valence-electron chi connectivity index (χ1n) is 16.7. The topological polar surface area (TPSA) is 92.3 Å². The third-order valence-corrected chi connectivity index (χ3v) is 7.82. The molecule has 1 aromatic carbocycles. The van der Waals surface area contributed by atoms with E-state index in [2.05, 4.69) is 14.7 Å². The third-order valence-electron chi connectivity index (χ3n) is 6.57. The van der Waals surface area contributed by atoms with Crippen LogP contribution in [0.4, 0.5) is 24.8 Å². The summed E-state index contributed by atoms with van der Waals surface area (Å²) in [6, 6.07) is 10.5. The highest BCUT2D eigenvalue weighted by atomic mass is 32.2. The second-order valence-corrected chi connectivity index (χ2v) is 11.5. The Morgan fingerprint density at radius 3 is 2.50 bits per heavy atom. The molecule has 0 fully saturated rings. The van der Waals surface area contributed by atoms with Gasteiger partial charge >= 0.3 is 6.18 Å². The molecular formula is C31H37F3N4O3S. The van der Waals surface area contributed by atoms with Crippen molar-refractivity contribution >= 4 is 27.4 Å². The summed E-state index contributed by atoms with van der Waals surface area (Å²) in [6.07, 6.45) is -8.30. The number of alkyl halides is 3. The van der Waals surface area contributed by atoms with Crippen LogP contribution in [-0.4, -0.2) is 37.2 Å². The quantitative estimate of drug-likeness (QED) is 0.331. The van der Waals surface area contributed by atoms with Gasteiger partial charge in [0.05, 0.1) is 11.3 Å². The van der Waals surface area contributed by atoms with E-state index in [0.717, 1.165) is 12.1 Å². The number of rotatable bonds is 4. The lowest BCUT2D eigenvalue weighted by atomic mass is 9.96. The van der Waals surface area contributed by atoms with Crippen molar-refractivity contribution in [3.05, 3.63) is 65.7 Å². The molecule has 226 valence electrons. The molecule has 3 heterocycles. The van der Waals surface area contributed by atoms with Gasteiger partial charge in [-0.05, 0) is 62.3 Å². The number of hydrogen-bond acceptors (Lipinski definition) is 6. The molecule has 1 N–H and O–H groups in total. The van der Waals surface area contributed by atoms with Crippen LogP contribution in [0.15, 0.2) is 59.6 Å². The van der Waals surface area contributed by atoms with E-state index in [1.165, 1.54) is 48.2 Å². The van der Waals surface area contributed by atoms with Gasteiger partial charge in [-0.1, -0.05) is 62.4 Å². The van der Waals surface area contributed by atoms with E-state index in [4.69, 9.17) is 8.22 Å². The maximum Gasteiger partial charge on any atom is 0.418 e. The van der Waals surface area contributed by atoms with E-state index in [9.17, 15) is 26.4 Å². The van der Waals surface area contributed by atoms with Crippen molar-refractivity contribution < 1.29 is 34.6 Å². The average Bonchev–Trinajstić information content (AvgIpc) is 3.00. The fourth-order valence-electron chi connectivity index (χ4n) is 4.46. The van der Waals surface area contributed by atoms with E-state index in [1.54, 1.807) is 0 Å². The van der Waals surface area contributed by atoms with Gasteiger partial charge in [-0.3, -0.25) is 4.72 Å². The summed E-state index contributed by atoms with van der Waals surface area (Å²) in [4.78, 5) is 21.1. The van der Waals surface area contributed by atoms with Gasteiger partial charge in [0.1, 0.15) is 17.4 Å². The Labute approximate surface area is 254 Å². The van der Waals surface area contributed by atoms with Crippen LogP contribution >= 0.6 is 0 Å². The number of ketones is 1. The molecule has 0 spiro atoms. The highest BCUT2D eigenvalue weighted by molar-refractivity contribution is 7.92. The second-order valence-electron chi connectivity index (χ2n) is 9.91. The SMILES string of the molecule is [2H]C([2H])(CCC(C)=O)N1CCCCCCCC([2H])([2H])C([2H])([2H])c2ccccc2-c2nc(ccc2C(F)(F)F)NS(=O)(=O)c2cccc1n2. The van der Waals surface area contributed by atoms with Crippen molar-refractivity contribution in [2.45, 2.75) is 82.2 Å². The maximum absolute atomic E-state index is 14.3. The van der Waals surface area contributed by atoms with Crippen molar-refractivity contribution in [3.8, 4) is 11.3 Å². The standard InChI is InChI=1S/C31H37F3N4O3S/c1-23(39)13-12-22-38-21-10-6-4-2-3-5-7-14-24-15-8-9-16-25(24)30-26(31(32,33)34)19-20-27(35-30)37-42(40,41)29-18-11-17-28(38)36-29/h8-9,11,15-20H,2-7,10,12-14,21-22H2,1H3,(H,35,37)/i7D2,14D2,22D2. The predicted octanol–water partition coefficient (Wildman–Crippen LogP) is 7.43. The van der Waals surface area contributed by atoms with Crippen LogP contribution in [0, 0.1) is 0 Å². The number of Topliss-reactive ketones (excluding diaryl/α,β-unsaturated/α-hetero) is 1. The summed E-state index contributed by atoms with van der Waals surface area (Å²) >= 11 is 0. The number of hydrogen-bond donors (Lipinski definition) is 1. The maximum atomic E-state index is 14.3. The number of halogens is 3. The lowest BCUT2D eigenvalue weighted by molar-refractivity contribution is -0.137. The molecule has 0 amide bonds. The molecule has 1 aliphatic rings. The first-order chi connectivity index (χ1) is 22.3. The smallest absolute Gasteiger partial charge is 0.357 e. The Bertz CT molecular complexity index is 1740. The lowest BCUT2D eigenvalue weighted by Crippen LogP contribution is -2.28. The number of benzene rings is 1. The first-order valence-corrected chi connectivity index (χ1v) is 15.2. The van der Waals surface area contributed by atoms with Gasteiger partial charge in [-0.25, -0.2) is 9.97 Å². The summed E-state index contributed by atoms with van der Waals surface area (Å²) in [6.45, 7) is -0.646. The number of nitrogens with one attached hydrogen (secondary N) is 1. The van der Waals surface area contributed by atoms with Gasteiger partial charge < -0.3 is 9.69 Å². The van der Waals surface area contributed by atoms with Crippen molar-refractivity contribution in [2.24, 2.45) is 0 Å². The summed E-state index contributed by atoms with van der Waals surface area (Å²) in [5, 5.41) is -0.560. The van der Waals surface area contributed by atoms with Crippen molar-refractivity contribution in [2.75, 3.05) is 22.7 Å². The molecule has 0 radical (unpaired) electrons. The third kappa shape index (κ3) is 8.53. The molecule has 4 bridgehead atoms. The molecule has 4 rings (SSSR count). The molecule has 0 atom stereocenters.